The maximum Gasteiger partial charge on any atom is 0.191 e. The number of hydrogen-bond donors (Lipinski definition) is 2. The first-order valence-corrected chi connectivity index (χ1v) is 10.3. The summed E-state index contributed by atoms with van der Waals surface area (Å²) in [6.45, 7) is 14.3. The summed E-state index contributed by atoms with van der Waals surface area (Å²) >= 11 is 0. The largest absolute Gasteiger partial charge is 0.494 e. The van der Waals surface area contributed by atoms with Gasteiger partial charge in [-0.05, 0) is 51.8 Å². The van der Waals surface area contributed by atoms with Crippen LogP contribution >= 0.6 is 24.0 Å². The van der Waals surface area contributed by atoms with Crippen molar-refractivity contribution < 1.29 is 9.47 Å². The van der Waals surface area contributed by atoms with Gasteiger partial charge in [0.2, 0.25) is 0 Å². The van der Waals surface area contributed by atoms with E-state index in [1.807, 2.05) is 6.92 Å². The van der Waals surface area contributed by atoms with Crippen LogP contribution in [0.3, 0.4) is 0 Å². The van der Waals surface area contributed by atoms with Crippen LogP contribution in [-0.2, 0) is 11.3 Å². The van der Waals surface area contributed by atoms with Gasteiger partial charge in [0, 0.05) is 31.7 Å². The third kappa shape index (κ3) is 9.43. The fraction of sp³-hybridized carbons (Fsp3) is 0.667. The lowest BCUT2D eigenvalue weighted by molar-refractivity contribution is 0.0372. The minimum Gasteiger partial charge on any atom is -0.494 e. The van der Waals surface area contributed by atoms with Gasteiger partial charge in [-0.1, -0.05) is 12.1 Å². The van der Waals surface area contributed by atoms with E-state index in [4.69, 9.17) is 14.5 Å². The molecule has 2 rings (SSSR count). The van der Waals surface area contributed by atoms with Crippen LogP contribution in [0, 0.1) is 6.92 Å². The number of nitrogens with zero attached hydrogens (tertiary/aromatic N) is 2. The van der Waals surface area contributed by atoms with Gasteiger partial charge in [-0.25, -0.2) is 4.99 Å². The standard InChI is InChI=1S/C21H36N4O2.HI/c1-4-22-21(23-10-6-7-11-25-12-14-26-15-13-25)24-17-19-9-8-18(3)16-20(19)27-5-2;/h8-9,16H,4-7,10-15,17H2,1-3H3,(H2,22,23,24);1H. The van der Waals surface area contributed by atoms with E-state index < -0.39 is 0 Å². The molecule has 0 bridgehead atoms. The molecule has 0 radical (unpaired) electrons. The van der Waals surface area contributed by atoms with Crippen molar-refractivity contribution in [2.45, 2.75) is 40.2 Å². The van der Waals surface area contributed by atoms with Gasteiger partial charge in [-0.15, -0.1) is 24.0 Å². The number of ether oxygens (including phenoxy) is 2. The summed E-state index contributed by atoms with van der Waals surface area (Å²) in [6.07, 6.45) is 2.33. The normalized spacial score (nSPS) is 15.0. The van der Waals surface area contributed by atoms with Crippen molar-refractivity contribution in [3.05, 3.63) is 29.3 Å². The molecule has 28 heavy (non-hydrogen) atoms. The van der Waals surface area contributed by atoms with Crippen LogP contribution < -0.4 is 15.4 Å². The highest BCUT2D eigenvalue weighted by molar-refractivity contribution is 14.0. The molecule has 1 saturated heterocycles. The van der Waals surface area contributed by atoms with Crippen molar-refractivity contribution in [3.63, 3.8) is 0 Å². The predicted octanol–water partition coefficient (Wildman–Crippen LogP) is 3.18. The third-order valence-corrected chi connectivity index (χ3v) is 4.57. The number of aliphatic imine (C=N–C) groups is 1. The highest BCUT2D eigenvalue weighted by Crippen LogP contribution is 2.21. The average molecular weight is 504 g/mol. The molecule has 0 unspecified atom stereocenters. The molecule has 1 fully saturated rings. The first-order chi connectivity index (χ1) is 13.2. The lowest BCUT2D eigenvalue weighted by Gasteiger charge is -2.26. The smallest absolute Gasteiger partial charge is 0.191 e. The Morgan fingerprint density at radius 3 is 2.68 bits per heavy atom. The van der Waals surface area contributed by atoms with Crippen LogP contribution in [-0.4, -0.2) is 63.4 Å². The highest BCUT2D eigenvalue weighted by Gasteiger charge is 2.09. The number of guanidine groups is 1. The zero-order chi connectivity index (χ0) is 19.3. The zero-order valence-electron chi connectivity index (χ0n) is 17.6. The molecule has 1 aromatic carbocycles. The maximum absolute atomic E-state index is 5.76. The van der Waals surface area contributed by atoms with Crippen molar-refractivity contribution in [3.8, 4) is 5.75 Å². The van der Waals surface area contributed by atoms with Crippen molar-refractivity contribution in [2.24, 2.45) is 4.99 Å². The van der Waals surface area contributed by atoms with E-state index in [0.29, 0.717) is 13.2 Å². The van der Waals surface area contributed by atoms with Gasteiger partial charge in [0.15, 0.2) is 5.96 Å². The molecule has 0 amide bonds. The third-order valence-electron chi connectivity index (χ3n) is 4.57. The molecule has 1 aromatic rings. The summed E-state index contributed by atoms with van der Waals surface area (Å²) in [5.41, 5.74) is 2.32. The van der Waals surface area contributed by atoms with Gasteiger partial charge in [0.1, 0.15) is 5.75 Å². The van der Waals surface area contributed by atoms with Gasteiger partial charge >= 0.3 is 0 Å². The van der Waals surface area contributed by atoms with Crippen LogP contribution in [0.5, 0.6) is 5.75 Å². The lowest BCUT2D eigenvalue weighted by Crippen LogP contribution is -2.39. The average Bonchev–Trinajstić information content (AvgIpc) is 2.68. The van der Waals surface area contributed by atoms with Crippen molar-refractivity contribution in [2.75, 3.05) is 52.5 Å². The summed E-state index contributed by atoms with van der Waals surface area (Å²) in [5.74, 6) is 1.80. The van der Waals surface area contributed by atoms with Crippen molar-refractivity contribution >= 4 is 29.9 Å². The maximum atomic E-state index is 5.76. The van der Waals surface area contributed by atoms with E-state index in [2.05, 4.69) is 47.6 Å². The van der Waals surface area contributed by atoms with Gasteiger partial charge < -0.3 is 20.1 Å². The first-order valence-electron chi connectivity index (χ1n) is 10.3. The fourth-order valence-corrected chi connectivity index (χ4v) is 3.08. The Morgan fingerprint density at radius 1 is 1.18 bits per heavy atom. The summed E-state index contributed by atoms with van der Waals surface area (Å²) in [4.78, 5) is 7.21. The molecule has 1 aliphatic heterocycles. The zero-order valence-corrected chi connectivity index (χ0v) is 20.0. The molecule has 0 aliphatic carbocycles. The Labute approximate surface area is 187 Å². The van der Waals surface area contributed by atoms with Crippen LogP contribution in [0.25, 0.3) is 0 Å². The second-order valence-corrected chi connectivity index (χ2v) is 6.83. The number of nitrogens with one attached hydrogen (secondary N) is 2. The summed E-state index contributed by atoms with van der Waals surface area (Å²) in [5, 5.41) is 6.77. The molecule has 0 spiro atoms. The van der Waals surface area contributed by atoms with Crippen molar-refractivity contribution in [1.82, 2.24) is 15.5 Å². The molecule has 1 heterocycles. The number of morpholine rings is 1. The van der Waals surface area contributed by atoms with Crippen LogP contribution in [0.2, 0.25) is 0 Å². The SMILES string of the molecule is CCNC(=NCc1ccc(C)cc1OCC)NCCCCN1CCOCC1.I. The van der Waals surface area contributed by atoms with E-state index in [1.54, 1.807) is 0 Å². The van der Waals surface area contributed by atoms with Gasteiger partial charge in [0.25, 0.3) is 0 Å². The lowest BCUT2D eigenvalue weighted by atomic mass is 10.1. The number of hydrogen-bond acceptors (Lipinski definition) is 4. The van der Waals surface area contributed by atoms with E-state index in [9.17, 15) is 0 Å². The van der Waals surface area contributed by atoms with Gasteiger partial charge in [0.05, 0.1) is 26.4 Å². The molecule has 1 aliphatic rings. The second kappa shape index (κ2) is 14.9. The van der Waals surface area contributed by atoms with Crippen molar-refractivity contribution in [1.29, 1.82) is 0 Å². The van der Waals surface area contributed by atoms with Gasteiger partial charge in [-0.2, -0.15) is 0 Å². The van der Waals surface area contributed by atoms with E-state index in [1.165, 1.54) is 12.0 Å². The van der Waals surface area contributed by atoms with E-state index in [-0.39, 0.29) is 24.0 Å². The van der Waals surface area contributed by atoms with E-state index >= 15 is 0 Å². The minimum atomic E-state index is 0. The molecule has 7 heteroatoms. The summed E-state index contributed by atoms with van der Waals surface area (Å²) in [6, 6.07) is 6.30. The highest BCUT2D eigenvalue weighted by atomic mass is 127. The minimum absolute atomic E-state index is 0. The Balaban J connectivity index is 0.00000392. The van der Waals surface area contributed by atoms with Crippen LogP contribution in [0.4, 0.5) is 0 Å². The summed E-state index contributed by atoms with van der Waals surface area (Å²) in [7, 11) is 0. The predicted molar refractivity (Wildman–Crippen MR) is 127 cm³/mol. The summed E-state index contributed by atoms with van der Waals surface area (Å²) < 4.78 is 11.1. The molecule has 160 valence electrons. The number of aryl methyl sites for hydroxylation is 1. The monoisotopic (exact) mass is 504 g/mol. The molecular formula is C21H37IN4O2. The van der Waals surface area contributed by atoms with Crippen LogP contribution in [0.1, 0.15) is 37.8 Å². The number of benzene rings is 1. The molecule has 0 saturated carbocycles. The quantitative estimate of drug-likeness (QED) is 0.222. The second-order valence-electron chi connectivity index (χ2n) is 6.83. The molecule has 2 N–H and O–H groups in total. The number of rotatable bonds is 10. The topological polar surface area (TPSA) is 58.1 Å². The number of unbranched alkanes of at least 4 members (excludes halogenated alkanes) is 1. The van der Waals surface area contributed by atoms with E-state index in [0.717, 1.165) is 69.6 Å². The van der Waals surface area contributed by atoms with Crippen LogP contribution in [0.15, 0.2) is 23.2 Å². The molecule has 6 nitrogen and oxygen atoms in total. The molecule has 0 aromatic heterocycles. The fourth-order valence-electron chi connectivity index (χ4n) is 3.08. The van der Waals surface area contributed by atoms with Gasteiger partial charge in [-0.3, -0.25) is 4.90 Å². The number of halogens is 1. The Morgan fingerprint density at radius 2 is 1.96 bits per heavy atom. The Kier molecular flexibility index (Phi) is 13.3. The molecule has 0 atom stereocenters. The first kappa shape index (κ1) is 25.0. The Bertz CT molecular complexity index is 578. The Hall–Kier alpha value is -1.06. The molecular weight excluding hydrogens is 467 g/mol.